The van der Waals surface area contributed by atoms with E-state index in [9.17, 15) is 10.1 Å². The largest absolute Gasteiger partial charge is 0.355 e. The van der Waals surface area contributed by atoms with Crippen molar-refractivity contribution < 1.29 is 14.5 Å². The van der Waals surface area contributed by atoms with Crippen LogP contribution in [0.5, 0.6) is 0 Å². The van der Waals surface area contributed by atoms with Crippen LogP contribution in [0.15, 0.2) is 0 Å². The average Bonchev–Trinajstić information content (AvgIpc) is 2.95. The Morgan fingerprint density at radius 2 is 2.11 bits per heavy atom. The van der Waals surface area contributed by atoms with Crippen LogP contribution in [0.4, 0.5) is 0 Å². The second-order valence-corrected chi connectivity index (χ2v) is 7.23. The molecule has 6 heteroatoms. The minimum atomic E-state index is -0.930. The van der Waals surface area contributed by atoms with E-state index in [1.54, 1.807) is 0 Å². The maximum Gasteiger partial charge on any atom is 0.334 e. The van der Waals surface area contributed by atoms with E-state index in [1.807, 2.05) is 5.06 Å². The van der Waals surface area contributed by atoms with E-state index in [0.29, 0.717) is 12.3 Å². The Balaban J connectivity index is 1.66. The van der Waals surface area contributed by atoms with Crippen LogP contribution in [0.25, 0.3) is 0 Å². The molecule has 0 aromatic carbocycles. The number of hydrogen-bond donors (Lipinski definition) is 0. The summed E-state index contributed by atoms with van der Waals surface area (Å²) in [6.45, 7) is 6.93. The number of rotatable bonds is 1. The molecule has 2 saturated heterocycles. The summed E-state index contributed by atoms with van der Waals surface area (Å²) in [6, 6.07) is 0.198. The molecule has 4 aliphatic rings. The quantitative estimate of drug-likeness (QED) is 0.535. The first-order valence-electron chi connectivity index (χ1n) is 7.10. The molecule has 4 fully saturated rings. The van der Waals surface area contributed by atoms with Gasteiger partial charge in [0, 0.05) is 5.41 Å². The van der Waals surface area contributed by atoms with Gasteiger partial charge < -0.3 is 4.74 Å². The Labute approximate surface area is 112 Å². The lowest BCUT2D eigenvalue weighted by Gasteiger charge is -2.38. The Kier molecular flexibility index (Phi) is 2.09. The van der Waals surface area contributed by atoms with Crippen LogP contribution in [0.2, 0.25) is 0 Å². The molecule has 2 heterocycles. The first-order valence-corrected chi connectivity index (χ1v) is 7.10. The lowest BCUT2D eigenvalue weighted by atomic mass is 9.70. The molecule has 2 aliphatic heterocycles. The van der Waals surface area contributed by atoms with Gasteiger partial charge in [0.15, 0.2) is 0 Å². The van der Waals surface area contributed by atoms with E-state index >= 15 is 0 Å². The molecule has 0 aromatic rings. The summed E-state index contributed by atoms with van der Waals surface area (Å²) in [5, 5.41) is 12.7. The van der Waals surface area contributed by atoms with Crippen molar-refractivity contribution in [3.8, 4) is 0 Å². The Bertz CT molecular complexity index is 454. The van der Waals surface area contributed by atoms with Gasteiger partial charge in [-0.1, -0.05) is 20.8 Å². The van der Waals surface area contributed by atoms with E-state index < -0.39 is 6.23 Å². The van der Waals surface area contributed by atoms with Crippen molar-refractivity contribution in [3.05, 3.63) is 10.1 Å². The molecule has 19 heavy (non-hydrogen) atoms. The Morgan fingerprint density at radius 1 is 1.37 bits per heavy atom. The van der Waals surface area contributed by atoms with Gasteiger partial charge in [0.1, 0.15) is 6.23 Å². The number of nitrogens with zero attached hydrogens (tertiary/aromatic N) is 2. The minimum absolute atomic E-state index is 0.166. The van der Waals surface area contributed by atoms with Crippen molar-refractivity contribution in [3.63, 3.8) is 0 Å². The van der Waals surface area contributed by atoms with Crippen molar-refractivity contribution in [2.45, 2.75) is 64.6 Å². The lowest BCUT2D eigenvalue weighted by molar-refractivity contribution is -0.585. The van der Waals surface area contributed by atoms with E-state index in [-0.39, 0.29) is 34.1 Å². The standard InChI is InChI=1S/C13H20N2O4/c1-12(2)7-4-5-13(12,3)11-10(7)14-8(18-11)6-9(19-14)15(16)17/h7-11H,4-6H2,1-3H3/t7-,8+,9+,10-,11-,13+/m1/s1. The van der Waals surface area contributed by atoms with Crippen LogP contribution < -0.4 is 0 Å². The van der Waals surface area contributed by atoms with Gasteiger partial charge in [0.05, 0.1) is 23.5 Å². The molecule has 0 amide bonds. The minimum Gasteiger partial charge on any atom is -0.355 e. The summed E-state index contributed by atoms with van der Waals surface area (Å²) in [6.07, 6.45) is 1.72. The smallest absolute Gasteiger partial charge is 0.334 e. The van der Waals surface area contributed by atoms with Crippen molar-refractivity contribution in [2.24, 2.45) is 16.7 Å². The van der Waals surface area contributed by atoms with Gasteiger partial charge in [-0.15, -0.1) is 5.06 Å². The zero-order chi connectivity index (χ0) is 13.6. The summed E-state index contributed by atoms with van der Waals surface area (Å²) in [4.78, 5) is 16.1. The normalized spacial score (nSPS) is 54.4. The highest BCUT2D eigenvalue weighted by Crippen LogP contribution is 2.69. The molecule has 0 spiro atoms. The molecule has 6 atom stereocenters. The highest BCUT2D eigenvalue weighted by Gasteiger charge is 2.73. The van der Waals surface area contributed by atoms with Gasteiger partial charge in [-0.05, 0) is 24.2 Å². The fourth-order valence-electron chi connectivity index (χ4n) is 5.00. The molecule has 4 rings (SSSR count). The van der Waals surface area contributed by atoms with Crippen LogP contribution in [0.1, 0.15) is 40.0 Å². The Morgan fingerprint density at radius 3 is 2.79 bits per heavy atom. The summed E-state index contributed by atoms with van der Waals surface area (Å²) < 4.78 is 6.16. The molecule has 2 saturated carbocycles. The highest BCUT2D eigenvalue weighted by molar-refractivity contribution is 5.19. The molecule has 2 bridgehead atoms. The van der Waals surface area contributed by atoms with Crippen LogP contribution in [0.3, 0.4) is 0 Å². The molecule has 0 unspecified atom stereocenters. The Hall–Kier alpha value is -0.720. The third-order valence-corrected chi connectivity index (χ3v) is 6.49. The van der Waals surface area contributed by atoms with E-state index in [4.69, 9.17) is 9.57 Å². The van der Waals surface area contributed by atoms with Crippen LogP contribution in [-0.2, 0) is 9.57 Å². The van der Waals surface area contributed by atoms with Gasteiger partial charge in [-0.25, -0.2) is 4.84 Å². The SMILES string of the molecule is CC1(C)[C@@H]2CC[C@@]1(C)[C@@H]1O[C@H]3C[C@@H]([N+](=O)[O-])ON3[C@H]21. The van der Waals surface area contributed by atoms with Gasteiger partial charge in [-0.2, -0.15) is 0 Å². The second-order valence-electron chi connectivity index (χ2n) is 7.23. The molecule has 2 aliphatic carbocycles. The number of nitro groups is 1. The average molecular weight is 268 g/mol. The maximum atomic E-state index is 10.9. The number of hydrogen-bond acceptors (Lipinski definition) is 5. The molecule has 0 radical (unpaired) electrons. The molecule has 6 nitrogen and oxygen atoms in total. The number of ether oxygens (including phenoxy) is 1. The first-order chi connectivity index (χ1) is 8.86. The summed E-state index contributed by atoms with van der Waals surface area (Å²) in [7, 11) is 0. The fourth-order valence-corrected chi connectivity index (χ4v) is 5.00. The number of hydroxylamine groups is 2. The third kappa shape index (κ3) is 1.19. The second kappa shape index (κ2) is 3.30. The van der Waals surface area contributed by atoms with Crippen molar-refractivity contribution in [2.75, 3.05) is 0 Å². The summed E-state index contributed by atoms with van der Waals surface area (Å²) >= 11 is 0. The fraction of sp³-hybridized carbons (Fsp3) is 1.00. The van der Waals surface area contributed by atoms with Crippen LogP contribution in [0, 0.1) is 26.9 Å². The highest BCUT2D eigenvalue weighted by atomic mass is 16.8. The maximum absolute atomic E-state index is 10.9. The number of fused-ring (bicyclic) bond motifs is 7. The topological polar surface area (TPSA) is 64.8 Å². The van der Waals surface area contributed by atoms with Gasteiger partial charge in [0.25, 0.3) is 0 Å². The predicted octanol–water partition coefficient (Wildman–Crippen LogP) is 1.78. The zero-order valence-corrected chi connectivity index (χ0v) is 11.5. The van der Waals surface area contributed by atoms with Crippen molar-refractivity contribution >= 4 is 0 Å². The first kappa shape index (κ1) is 12.1. The van der Waals surface area contributed by atoms with E-state index in [2.05, 4.69) is 20.8 Å². The lowest BCUT2D eigenvalue weighted by Crippen LogP contribution is -2.42. The molecular formula is C13H20N2O4. The van der Waals surface area contributed by atoms with Gasteiger partial charge >= 0.3 is 6.23 Å². The summed E-state index contributed by atoms with van der Waals surface area (Å²) in [5.41, 5.74) is 0.378. The molecule has 0 N–H and O–H groups in total. The monoisotopic (exact) mass is 268 g/mol. The van der Waals surface area contributed by atoms with Crippen molar-refractivity contribution in [1.82, 2.24) is 5.06 Å². The zero-order valence-electron chi connectivity index (χ0n) is 11.5. The van der Waals surface area contributed by atoms with Gasteiger partial charge in [0.2, 0.25) is 0 Å². The van der Waals surface area contributed by atoms with E-state index in [0.717, 1.165) is 0 Å². The molecule has 0 aromatic heterocycles. The molecular weight excluding hydrogens is 248 g/mol. The van der Waals surface area contributed by atoms with Crippen LogP contribution >= 0.6 is 0 Å². The van der Waals surface area contributed by atoms with Crippen LogP contribution in [-0.4, -0.2) is 34.6 Å². The van der Waals surface area contributed by atoms with Gasteiger partial charge in [-0.3, -0.25) is 10.1 Å². The third-order valence-electron chi connectivity index (χ3n) is 6.49. The van der Waals surface area contributed by atoms with Crippen molar-refractivity contribution in [1.29, 1.82) is 0 Å². The van der Waals surface area contributed by atoms with E-state index in [1.165, 1.54) is 12.8 Å². The summed E-state index contributed by atoms with van der Waals surface area (Å²) in [5.74, 6) is 0.512. The molecule has 106 valence electrons. The predicted molar refractivity (Wildman–Crippen MR) is 65.4 cm³/mol.